The molecule has 4 nitrogen and oxygen atoms in total. The summed E-state index contributed by atoms with van der Waals surface area (Å²) < 4.78 is 5.56. The van der Waals surface area contributed by atoms with Crippen molar-refractivity contribution in [2.45, 2.75) is 45.3 Å². The van der Waals surface area contributed by atoms with E-state index in [4.69, 9.17) is 4.74 Å². The molecule has 1 aliphatic heterocycles. The predicted molar refractivity (Wildman–Crippen MR) is 89.4 cm³/mol. The van der Waals surface area contributed by atoms with Gasteiger partial charge >= 0.3 is 6.09 Å². The van der Waals surface area contributed by atoms with Crippen molar-refractivity contribution >= 4 is 12.2 Å². The van der Waals surface area contributed by atoms with Gasteiger partial charge in [0.1, 0.15) is 5.60 Å². The zero-order valence-corrected chi connectivity index (χ0v) is 13.7. The summed E-state index contributed by atoms with van der Waals surface area (Å²) in [6, 6.07) is 10.2. The van der Waals surface area contributed by atoms with E-state index in [2.05, 4.69) is 5.32 Å². The Balaban J connectivity index is 2.13. The summed E-state index contributed by atoms with van der Waals surface area (Å²) in [6.07, 6.45) is 5.44. The van der Waals surface area contributed by atoms with E-state index in [0.29, 0.717) is 0 Å². The Labute approximate surface area is 133 Å². The van der Waals surface area contributed by atoms with E-state index in [9.17, 15) is 4.79 Å². The molecule has 120 valence electrons. The van der Waals surface area contributed by atoms with Crippen molar-refractivity contribution in [2.75, 3.05) is 13.1 Å². The third kappa shape index (κ3) is 5.19. The van der Waals surface area contributed by atoms with Gasteiger partial charge in [0.05, 0.1) is 0 Å². The van der Waals surface area contributed by atoms with Gasteiger partial charge in [-0.1, -0.05) is 30.3 Å². The topological polar surface area (TPSA) is 41.6 Å². The molecule has 1 aliphatic rings. The zero-order valence-electron chi connectivity index (χ0n) is 13.7. The van der Waals surface area contributed by atoms with Crippen LogP contribution in [0.2, 0.25) is 0 Å². The van der Waals surface area contributed by atoms with Crippen molar-refractivity contribution in [3.05, 3.63) is 42.1 Å². The Morgan fingerprint density at radius 1 is 1.23 bits per heavy atom. The summed E-state index contributed by atoms with van der Waals surface area (Å²) in [7, 11) is 0. The number of rotatable bonds is 3. The highest BCUT2D eigenvalue weighted by Gasteiger charge is 2.27. The smallest absolute Gasteiger partial charge is 0.414 e. The fraction of sp³-hybridized carbons (Fsp3) is 0.500. The number of amides is 1. The second-order valence-corrected chi connectivity index (χ2v) is 6.60. The standard InChI is InChI=1S/C18H26N2O2/c1-18(2,3)22-17(21)20(16-9-12-19-13-10-16)14-11-15-7-5-4-6-8-15/h4-8,11,14,16,19H,9-10,12-13H2,1-3H3. The summed E-state index contributed by atoms with van der Waals surface area (Å²) in [5.41, 5.74) is 0.591. The third-order valence-corrected chi connectivity index (χ3v) is 3.53. The maximum absolute atomic E-state index is 12.5. The lowest BCUT2D eigenvalue weighted by Crippen LogP contribution is -2.45. The molecule has 1 aromatic rings. The molecule has 1 aromatic carbocycles. The minimum atomic E-state index is -0.483. The van der Waals surface area contributed by atoms with Gasteiger partial charge in [-0.15, -0.1) is 0 Å². The van der Waals surface area contributed by atoms with Crippen LogP contribution in [0.15, 0.2) is 36.5 Å². The van der Waals surface area contributed by atoms with E-state index in [-0.39, 0.29) is 12.1 Å². The number of benzene rings is 1. The number of ether oxygens (including phenoxy) is 1. The first-order chi connectivity index (χ1) is 10.5. The molecule has 0 saturated carbocycles. The highest BCUT2D eigenvalue weighted by molar-refractivity contribution is 5.71. The molecule has 0 spiro atoms. The van der Waals surface area contributed by atoms with Crippen molar-refractivity contribution in [2.24, 2.45) is 0 Å². The van der Waals surface area contributed by atoms with Gasteiger partial charge in [0.25, 0.3) is 0 Å². The Morgan fingerprint density at radius 3 is 2.45 bits per heavy atom. The van der Waals surface area contributed by atoms with E-state index >= 15 is 0 Å². The maximum atomic E-state index is 12.5. The Morgan fingerprint density at radius 2 is 1.86 bits per heavy atom. The van der Waals surface area contributed by atoms with Gasteiger partial charge in [0.2, 0.25) is 0 Å². The summed E-state index contributed by atoms with van der Waals surface area (Å²) in [6.45, 7) is 7.55. The lowest BCUT2D eigenvalue weighted by atomic mass is 10.1. The van der Waals surface area contributed by atoms with Crippen LogP contribution in [0, 0.1) is 0 Å². The number of hydrogen-bond acceptors (Lipinski definition) is 3. The summed E-state index contributed by atoms with van der Waals surface area (Å²) in [5, 5.41) is 3.33. The van der Waals surface area contributed by atoms with Crippen molar-refractivity contribution in [1.82, 2.24) is 10.2 Å². The van der Waals surface area contributed by atoms with Crippen LogP contribution < -0.4 is 5.32 Å². The lowest BCUT2D eigenvalue weighted by molar-refractivity contribution is 0.0246. The number of carbonyl (C=O) groups excluding carboxylic acids is 1. The highest BCUT2D eigenvalue weighted by atomic mass is 16.6. The Hall–Kier alpha value is -1.81. The first-order valence-corrected chi connectivity index (χ1v) is 7.91. The fourth-order valence-corrected chi connectivity index (χ4v) is 2.46. The second kappa shape index (κ2) is 7.45. The predicted octanol–water partition coefficient (Wildman–Crippen LogP) is 3.65. The quantitative estimate of drug-likeness (QED) is 0.926. The van der Waals surface area contributed by atoms with Gasteiger partial charge in [0, 0.05) is 12.2 Å². The van der Waals surface area contributed by atoms with Crippen LogP contribution in [0.4, 0.5) is 4.79 Å². The van der Waals surface area contributed by atoms with Crippen LogP contribution in [0.1, 0.15) is 39.2 Å². The summed E-state index contributed by atoms with van der Waals surface area (Å²) >= 11 is 0. The fourth-order valence-electron chi connectivity index (χ4n) is 2.46. The number of piperidine rings is 1. The number of carbonyl (C=O) groups is 1. The van der Waals surface area contributed by atoms with E-state index < -0.39 is 5.60 Å². The molecule has 22 heavy (non-hydrogen) atoms. The molecule has 0 aliphatic carbocycles. The van der Waals surface area contributed by atoms with E-state index in [1.165, 1.54) is 0 Å². The first-order valence-electron chi connectivity index (χ1n) is 7.91. The SMILES string of the molecule is CC(C)(C)OC(=O)N(C=Cc1ccccc1)C1CCNCC1. The zero-order chi connectivity index (χ0) is 16.0. The monoisotopic (exact) mass is 302 g/mol. The first kappa shape index (κ1) is 16.6. The molecule has 1 fully saturated rings. The molecule has 1 saturated heterocycles. The van der Waals surface area contributed by atoms with Gasteiger partial charge in [-0.3, -0.25) is 4.90 Å². The van der Waals surface area contributed by atoms with Crippen molar-refractivity contribution < 1.29 is 9.53 Å². The van der Waals surface area contributed by atoms with E-state index in [1.807, 2.05) is 63.4 Å². The minimum absolute atomic E-state index is 0.191. The van der Waals surface area contributed by atoms with Crippen LogP contribution >= 0.6 is 0 Å². The normalized spacial score (nSPS) is 16.7. The van der Waals surface area contributed by atoms with Gasteiger partial charge in [-0.2, -0.15) is 0 Å². The third-order valence-electron chi connectivity index (χ3n) is 3.53. The van der Waals surface area contributed by atoms with Crippen molar-refractivity contribution in [3.8, 4) is 0 Å². The number of nitrogens with one attached hydrogen (secondary N) is 1. The number of hydrogen-bond donors (Lipinski definition) is 1. The van der Waals surface area contributed by atoms with Crippen LogP contribution in [0.5, 0.6) is 0 Å². The molecule has 0 unspecified atom stereocenters. The average molecular weight is 302 g/mol. The molecule has 0 bridgehead atoms. The molecule has 4 heteroatoms. The van der Waals surface area contributed by atoms with Crippen LogP contribution in [-0.4, -0.2) is 35.7 Å². The molecular formula is C18H26N2O2. The highest BCUT2D eigenvalue weighted by Crippen LogP contribution is 2.18. The Bertz CT molecular complexity index is 500. The average Bonchev–Trinajstić information content (AvgIpc) is 2.48. The van der Waals surface area contributed by atoms with Gasteiger partial charge in [-0.25, -0.2) is 4.79 Å². The minimum Gasteiger partial charge on any atom is -0.443 e. The van der Waals surface area contributed by atoms with Crippen LogP contribution in [-0.2, 0) is 4.74 Å². The molecule has 0 radical (unpaired) electrons. The van der Waals surface area contributed by atoms with E-state index in [0.717, 1.165) is 31.5 Å². The molecule has 1 heterocycles. The molecule has 2 rings (SSSR count). The molecule has 1 N–H and O–H groups in total. The van der Waals surface area contributed by atoms with E-state index in [1.54, 1.807) is 4.90 Å². The molecule has 0 atom stereocenters. The van der Waals surface area contributed by atoms with Crippen molar-refractivity contribution in [3.63, 3.8) is 0 Å². The second-order valence-electron chi connectivity index (χ2n) is 6.60. The lowest BCUT2D eigenvalue weighted by Gasteiger charge is -2.33. The Kier molecular flexibility index (Phi) is 5.61. The van der Waals surface area contributed by atoms with Crippen molar-refractivity contribution in [1.29, 1.82) is 0 Å². The largest absolute Gasteiger partial charge is 0.443 e. The van der Waals surface area contributed by atoms with Crippen LogP contribution in [0.25, 0.3) is 6.08 Å². The molecular weight excluding hydrogens is 276 g/mol. The summed E-state index contributed by atoms with van der Waals surface area (Å²) in [5.74, 6) is 0. The summed E-state index contributed by atoms with van der Waals surface area (Å²) in [4.78, 5) is 14.3. The maximum Gasteiger partial charge on any atom is 0.414 e. The van der Waals surface area contributed by atoms with Crippen LogP contribution in [0.3, 0.4) is 0 Å². The molecule has 0 aromatic heterocycles. The van der Waals surface area contributed by atoms with Gasteiger partial charge in [-0.05, 0) is 58.3 Å². The van der Waals surface area contributed by atoms with Gasteiger partial charge < -0.3 is 10.1 Å². The van der Waals surface area contributed by atoms with Gasteiger partial charge in [0.15, 0.2) is 0 Å². The number of nitrogens with zero attached hydrogens (tertiary/aromatic N) is 1. The molecule has 1 amide bonds.